The molecular weight excluding hydrogens is 362 g/mol. The van der Waals surface area contributed by atoms with Gasteiger partial charge in [0.05, 0.1) is 11.3 Å². The Morgan fingerprint density at radius 1 is 0.897 bits per heavy atom. The first kappa shape index (κ1) is 20.1. The largest absolute Gasteiger partial charge is 0.399 e. The number of nitrogens with one attached hydrogen (secondary N) is 1. The molecule has 0 radical (unpaired) electrons. The second-order valence-corrected chi connectivity index (χ2v) is 6.99. The second-order valence-electron chi connectivity index (χ2n) is 6.99. The molecule has 0 aliphatic heterocycles. The Morgan fingerprint density at radius 3 is 2.34 bits per heavy atom. The molecule has 0 unspecified atom stereocenters. The van der Waals surface area contributed by atoms with Crippen LogP contribution in [0.1, 0.15) is 27.9 Å². The number of hydrogen-bond acceptors (Lipinski definition) is 3. The van der Waals surface area contributed by atoms with Gasteiger partial charge in [0.25, 0.3) is 5.91 Å². The molecule has 3 rings (SSSR count). The van der Waals surface area contributed by atoms with Gasteiger partial charge in [-0.1, -0.05) is 54.6 Å². The van der Waals surface area contributed by atoms with E-state index in [2.05, 4.69) is 5.32 Å². The van der Waals surface area contributed by atoms with Gasteiger partial charge in [-0.05, 0) is 41.8 Å². The number of aryl methyl sites for hydroxylation is 1. The molecule has 148 valence electrons. The van der Waals surface area contributed by atoms with E-state index in [1.165, 1.54) is 0 Å². The molecule has 3 N–H and O–H groups in total. The first-order valence-electron chi connectivity index (χ1n) is 9.55. The first-order valence-corrected chi connectivity index (χ1v) is 9.55. The van der Waals surface area contributed by atoms with Crippen LogP contribution in [0.25, 0.3) is 0 Å². The molecule has 0 saturated carbocycles. The summed E-state index contributed by atoms with van der Waals surface area (Å²) in [5.41, 5.74) is 9.52. The smallest absolute Gasteiger partial charge is 0.256 e. The van der Waals surface area contributed by atoms with Crippen molar-refractivity contribution in [3.05, 3.63) is 95.6 Å². The number of hydrogen-bond donors (Lipinski definition) is 2. The zero-order valence-corrected chi connectivity index (χ0v) is 16.5. The zero-order chi connectivity index (χ0) is 20.6. The fourth-order valence-electron chi connectivity index (χ4n) is 3.13. The average Bonchev–Trinajstić information content (AvgIpc) is 2.73. The number of benzene rings is 3. The number of nitrogen functional groups attached to an aromatic ring is 1. The molecule has 0 bridgehead atoms. The van der Waals surface area contributed by atoms with Crippen LogP contribution in [0.5, 0.6) is 0 Å². The molecule has 0 spiro atoms. The predicted octanol–water partition coefficient (Wildman–Crippen LogP) is 4.11. The van der Waals surface area contributed by atoms with Crippen LogP contribution in [0.15, 0.2) is 78.9 Å². The van der Waals surface area contributed by atoms with E-state index >= 15 is 0 Å². The van der Waals surface area contributed by atoms with E-state index < -0.39 is 0 Å². The monoisotopic (exact) mass is 387 g/mol. The number of nitrogens with zero attached hydrogens (tertiary/aromatic N) is 1. The highest BCUT2D eigenvalue weighted by atomic mass is 16.2. The highest BCUT2D eigenvalue weighted by Gasteiger charge is 2.17. The number of anilines is 2. The SMILES string of the molecule is CN(Cc1ccccc1)C(=O)c1ccccc1NC(=O)CCc1cccc(N)c1. The number of carbonyl (C=O) groups excluding carboxylic acids is 2. The van der Waals surface area contributed by atoms with Gasteiger partial charge >= 0.3 is 0 Å². The van der Waals surface area contributed by atoms with Gasteiger partial charge < -0.3 is 16.0 Å². The molecule has 0 fully saturated rings. The van der Waals surface area contributed by atoms with E-state index in [1.807, 2.05) is 60.7 Å². The number of rotatable bonds is 7. The summed E-state index contributed by atoms with van der Waals surface area (Å²) in [5.74, 6) is -0.279. The van der Waals surface area contributed by atoms with Crippen LogP contribution in [-0.2, 0) is 17.8 Å². The Hall–Kier alpha value is -3.60. The van der Waals surface area contributed by atoms with Gasteiger partial charge in [-0.2, -0.15) is 0 Å². The van der Waals surface area contributed by atoms with Gasteiger partial charge in [-0.25, -0.2) is 0 Å². The Bertz CT molecular complexity index is 986. The number of carbonyl (C=O) groups is 2. The molecule has 29 heavy (non-hydrogen) atoms. The Labute approximate surface area is 171 Å². The Kier molecular flexibility index (Phi) is 6.63. The molecule has 0 saturated heterocycles. The lowest BCUT2D eigenvalue weighted by molar-refractivity contribution is -0.116. The molecular formula is C24H25N3O2. The van der Waals surface area contributed by atoms with Gasteiger partial charge in [0.2, 0.25) is 5.91 Å². The second kappa shape index (κ2) is 9.55. The minimum atomic E-state index is -0.140. The molecule has 3 aromatic carbocycles. The van der Waals surface area contributed by atoms with Crippen LogP contribution in [-0.4, -0.2) is 23.8 Å². The minimum absolute atomic E-state index is 0.138. The van der Waals surface area contributed by atoms with Gasteiger partial charge in [-0.3, -0.25) is 9.59 Å². The van der Waals surface area contributed by atoms with Crippen molar-refractivity contribution in [3.63, 3.8) is 0 Å². The standard InChI is InChI=1S/C24H25N3O2/c1-27(17-19-8-3-2-4-9-19)24(29)21-12-5-6-13-22(21)26-23(28)15-14-18-10-7-11-20(25)16-18/h2-13,16H,14-15,17,25H2,1H3,(H,26,28). The lowest BCUT2D eigenvalue weighted by Gasteiger charge is -2.19. The summed E-state index contributed by atoms with van der Waals surface area (Å²) in [7, 11) is 1.76. The molecule has 0 aliphatic carbocycles. The molecule has 3 aromatic rings. The van der Waals surface area contributed by atoms with Crippen molar-refractivity contribution >= 4 is 23.2 Å². The van der Waals surface area contributed by atoms with E-state index in [4.69, 9.17) is 5.73 Å². The van der Waals surface area contributed by atoms with Crippen LogP contribution in [0.2, 0.25) is 0 Å². The normalized spacial score (nSPS) is 10.4. The lowest BCUT2D eigenvalue weighted by atomic mass is 10.1. The molecule has 0 atom stereocenters. The molecule has 2 amide bonds. The topological polar surface area (TPSA) is 75.4 Å². The number of para-hydroxylation sites is 1. The van der Waals surface area contributed by atoms with Crippen molar-refractivity contribution in [2.24, 2.45) is 0 Å². The zero-order valence-electron chi connectivity index (χ0n) is 16.5. The highest BCUT2D eigenvalue weighted by molar-refractivity contribution is 6.03. The van der Waals surface area contributed by atoms with Crippen molar-refractivity contribution in [3.8, 4) is 0 Å². The van der Waals surface area contributed by atoms with E-state index in [1.54, 1.807) is 30.1 Å². The third kappa shape index (κ3) is 5.69. The van der Waals surface area contributed by atoms with Gasteiger partial charge in [0, 0.05) is 25.7 Å². The van der Waals surface area contributed by atoms with E-state index in [-0.39, 0.29) is 11.8 Å². The first-order chi connectivity index (χ1) is 14.0. The highest BCUT2D eigenvalue weighted by Crippen LogP contribution is 2.19. The summed E-state index contributed by atoms with van der Waals surface area (Å²) >= 11 is 0. The van der Waals surface area contributed by atoms with Crippen LogP contribution in [0.4, 0.5) is 11.4 Å². The number of amides is 2. The summed E-state index contributed by atoms with van der Waals surface area (Å²) in [4.78, 5) is 27.0. The van der Waals surface area contributed by atoms with Gasteiger partial charge in [0.15, 0.2) is 0 Å². The summed E-state index contributed by atoms with van der Waals surface area (Å²) in [6.45, 7) is 0.497. The summed E-state index contributed by atoms with van der Waals surface area (Å²) in [6, 6.07) is 24.4. The maximum Gasteiger partial charge on any atom is 0.256 e. The summed E-state index contributed by atoms with van der Waals surface area (Å²) in [6.07, 6.45) is 0.896. The van der Waals surface area contributed by atoms with Crippen molar-refractivity contribution in [1.29, 1.82) is 0 Å². The van der Waals surface area contributed by atoms with Crippen molar-refractivity contribution < 1.29 is 9.59 Å². The van der Waals surface area contributed by atoms with Crippen molar-refractivity contribution in [2.75, 3.05) is 18.1 Å². The quantitative estimate of drug-likeness (QED) is 0.599. The van der Waals surface area contributed by atoms with Crippen molar-refractivity contribution in [1.82, 2.24) is 4.90 Å². The number of nitrogens with two attached hydrogens (primary N) is 1. The molecule has 5 nitrogen and oxygen atoms in total. The van der Waals surface area contributed by atoms with Crippen LogP contribution >= 0.6 is 0 Å². The average molecular weight is 387 g/mol. The molecule has 0 aromatic heterocycles. The van der Waals surface area contributed by atoms with Crippen LogP contribution in [0.3, 0.4) is 0 Å². The van der Waals surface area contributed by atoms with E-state index in [0.717, 1.165) is 11.1 Å². The maximum atomic E-state index is 12.9. The molecule has 5 heteroatoms. The fourth-order valence-corrected chi connectivity index (χ4v) is 3.13. The lowest BCUT2D eigenvalue weighted by Crippen LogP contribution is -2.27. The summed E-state index contributed by atoms with van der Waals surface area (Å²) in [5, 5.41) is 2.88. The third-order valence-corrected chi connectivity index (χ3v) is 4.63. The Morgan fingerprint density at radius 2 is 1.59 bits per heavy atom. The summed E-state index contributed by atoms with van der Waals surface area (Å²) < 4.78 is 0. The van der Waals surface area contributed by atoms with Gasteiger partial charge in [0.1, 0.15) is 0 Å². The van der Waals surface area contributed by atoms with E-state index in [9.17, 15) is 9.59 Å². The van der Waals surface area contributed by atoms with Crippen LogP contribution < -0.4 is 11.1 Å². The van der Waals surface area contributed by atoms with E-state index in [0.29, 0.717) is 36.3 Å². The molecule has 0 aliphatic rings. The predicted molar refractivity (Wildman–Crippen MR) is 116 cm³/mol. The van der Waals surface area contributed by atoms with Crippen molar-refractivity contribution in [2.45, 2.75) is 19.4 Å². The van der Waals surface area contributed by atoms with Gasteiger partial charge in [-0.15, -0.1) is 0 Å². The minimum Gasteiger partial charge on any atom is -0.399 e. The fraction of sp³-hybridized carbons (Fsp3) is 0.167. The molecule has 0 heterocycles. The maximum absolute atomic E-state index is 12.9. The Balaban J connectivity index is 1.64. The van der Waals surface area contributed by atoms with Crippen LogP contribution in [0, 0.1) is 0 Å². The third-order valence-electron chi connectivity index (χ3n) is 4.63.